The number of hydrogen-bond donors (Lipinski definition) is 1. The van der Waals surface area contributed by atoms with E-state index >= 15 is 0 Å². The van der Waals surface area contributed by atoms with E-state index in [9.17, 15) is 18.4 Å². The first kappa shape index (κ1) is 18.0. The van der Waals surface area contributed by atoms with Crippen LogP contribution in [0.4, 0.5) is 20.2 Å². The Balaban J connectivity index is 1.65. The molecule has 0 radical (unpaired) electrons. The van der Waals surface area contributed by atoms with Gasteiger partial charge in [-0.1, -0.05) is 12.1 Å². The van der Waals surface area contributed by atoms with E-state index in [1.165, 1.54) is 6.07 Å². The minimum absolute atomic E-state index is 0.0939. The summed E-state index contributed by atoms with van der Waals surface area (Å²) in [4.78, 5) is 26.7. The standard InChI is InChI=1S/C20H20F2N2O2/c1-3-24(14-6-4-5-12(2)9-14)20(26)16-11-15(16)19(25)23-13-7-8-17(21)18(22)10-13/h4-10,15-16H,3,11H2,1-2H3,(H,23,25). The number of carbonyl (C=O) groups is 2. The molecule has 2 atom stereocenters. The summed E-state index contributed by atoms with van der Waals surface area (Å²) in [6.45, 7) is 4.35. The van der Waals surface area contributed by atoms with E-state index in [0.717, 1.165) is 23.4 Å². The first-order chi connectivity index (χ1) is 12.4. The van der Waals surface area contributed by atoms with E-state index in [-0.39, 0.29) is 23.4 Å². The zero-order valence-electron chi connectivity index (χ0n) is 14.6. The molecule has 1 aliphatic rings. The molecule has 136 valence electrons. The summed E-state index contributed by atoms with van der Waals surface area (Å²) in [5.74, 6) is -3.28. The lowest BCUT2D eigenvalue weighted by Gasteiger charge is -2.21. The lowest BCUT2D eigenvalue weighted by molar-refractivity contribution is -0.123. The highest BCUT2D eigenvalue weighted by molar-refractivity contribution is 6.04. The van der Waals surface area contributed by atoms with Gasteiger partial charge >= 0.3 is 0 Å². The van der Waals surface area contributed by atoms with Gasteiger partial charge in [0.05, 0.1) is 11.8 Å². The number of hydrogen-bond acceptors (Lipinski definition) is 2. The first-order valence-corrected chi connectivity index (χ1v) is 8.54. The largest absolute Gasteiger partial charge is 0.326 e. The van der Waals surface area contributed by atoms with Gasteiger partial charge in [-0.15, -0.1) is 0 Å². The van der Waals surface area contributed by atoms with Crippen molar-refractivity contribution in [2.75, 3.05) is 16.8 Å². The Morgan fingerprint density at radius 3 is 2.54 bits per heavy atom. The van der Waals surface area contributed by atoms with Gasteiger partial charge in [-0.05, 0) is 50.1 Å². The van der Waals surface area contributed by atoms with E-state index in [0.29, 0.717) is 13.0 Å². The number of nitrogens with zero attached hydrogens (tertiary/aromatic N) is 1. The van der Waals surface area contributed by atoms with Gasteiger partial charge in [0.1, 0.15) is 0 Å². The zero-order valence-corrected chi connectivity index (χ0v) is 14.6. The van der Waals surface area contributed by atoms with Crippen LogP contribution in [-0.2, 0) is 9.59 Å². The quantitative estimate of drug-likeness (QED) is 0.881. The number of amides is 2. The summed E-state index contributed by atoms with van der Waals surface area (Å²) in [5, 5.41) is 2.55. The molecule has 0 aromatic heterocycles. The molecule has 6 heteroatoms. The second-order valence-corrected chi connectivity index (χ2v) is 6.49. The van der Waals surface area contributed by atoms with Crippen molar-refractivity contribution in [2.24, 2.45) is 11.8 Å². The zero-order chi connectivity index (χ0) is 18.8. The lowest BCUT2D eigenvalue weighted by atomic mass is 10.2. The normalized spacial score (nSPS) is 18.3. The van der Waals surface area contributed by atoms with Crippen LogP contribution in [0.2, 0.25) is 0 Å². The van der Waals surface area contributed by atoms with Crippen LogP contribution in [0.15, 0.2) is 42.5 Å². The van der Waals surface area contributed by atoms with Crippen LogP contribution in [0.25, 0.3) is 0 Å². The van der Waals surface area contributed by atoms with Crippen molar-refractivity contribution in [1.82, 2.24) is 0 Å². The minimum Gasteiger partial charge on any atom is -0.326 e. The van der Waals surface area contributed by atoms with Crippen molar-refractivity contribution < 1.29 is 18.4 Å². The summed E-state index contributed by atoms with van der Waals surface area (Å²) in [7, 11) is 0. The number of halogens is 2. The lowest BCUT2D eigenvalue weighted by Crippen LogP contribution is -2.33. The third-order valence-electron chi connectivity index (χ3n) is 4.53. The SMILES string of the molecule is CCN(C(=O)C1CC1C(=O)Nc1ccc(F)c(F)c1)c1cccc(C)c1. The fourth-order valence-corrected chi connectivity index (χ4v) is 3.03. The number of nitrogens with one attached hydrogen (secondary N) is 1. The molecule has 1 aliphatic carbocycles. The predicted octanol–water partition coefficient (Wildman–Crippen LogP) is 3.90. The Morgan fingerprint density at radius 2 is 1.88 bits per heavy atom. The van der Waals surface area contributed by atoms with E-state index in [1.807, 2.05) is 38.1 Å². The Bertz CT molecular complexity index is 853. The minimum atomic E-state index is -1.03. The van der Waals surface area contributed by atoms with E-state index in [4.69, 9.17) is 0 Å². The van der Waals surface area contributed by atoms with Gasteiger partial charge in [-0.2, -0.15) is 0 Å². The summed E-state index contributed by atoms with van der Waals surface area (Å²) < 4.78 is 26.2. The predicted molar refractivity (Wildman–Crippen MR) is 95.8 cm³/mol. The molecule has 0 saturated heterocycles. The molecule has 4 nitrogen and oxygen atoms in total. The summed E-state index contributed by atoms with van der Waals surface area (Å²) in [6.07, 6.45) is 0.455. The molecule has 0 bridgehead atoms. The molecule has 3 rings (SSSR count). The Labute approximate surface area is 150 Å². The topological polar surface area (TPSA) is 49.4 Å². The Hall–Kier alpha value is -2.76. The summed E-state index contributed by atoms with van der Waals surface area (Å²) >= 11 is 0. The third kappa shape index (κ3) is 3.74. The maximum Gasteiger partial charge on any atom is 0.230 e. The number of carbonyl (C=O) groups excluding carboxylic acids is 2. The van der Waals surface area contributed by atoms with Gasteiger partial charge in [0.15, 0.2) is 11.6 Å². The van der Waals surface area contributed by atoms with Crippen LogP contribution in [0.3, 0.4) is 0 Å². The second kappa shape index (κ2) is 7.23. The van der Waals surface area contributed by atoms with Crippen molar-refractivity contribution in [3.8, 4) is 0 Å². The van der Waals surface area contributed by atoms with Gasteiger partial charge in [0, 0.05) is 24.0 Å². The van der Waals surface area contributed by atoms with Gasteiger partial charge in [-0.3, -0.25) is 9.59 Å². The van der Waals surface area contributed by atoms with Crippen LogP contribution in [0.5, 0.6) is 0 Å². The van der Waals surface area contributed by atoms with Gasteiger partial charge in [0.2, 0.25) is 11.8 Å². The van der Waals surface area contributed by atoms with Crippen LogP contribution in [0.1, 0.15) is 18.9 Å². The fraction of sp³-hybridized carbons (Fsp3) is 0.300. The highest BCUT2D eigenvalue weighted by Crippen LogP contribution is 2.41. The molecule has 2 amide bonds. The monoisotopic (exact) mass is 358 g/mol. The van der Waals surface area contributed by atoms with E-state index in [1.54, 1.807) is 4.90 Å². The average Bonchev–Trinajstić information content (AvgIpc) is 3.40. The molecule has 1 N–H and O–H groups in total. The molecular weight excluding hydrogens is 338 g/mol. The summed E-state index contributed by atoms with van der Waals surface area (Å²) in [5.41, 5.74) is 2.04. The van der Waals surface area contributed by atoms with E-state index in [2.05, 4.69) is 5.32 Å². The van der Waals surface area contributed by atoms with Crippen molar-refractivity contribution in [3.63, 3.8) is 0 Å². The third-order valence-corrected chi connectivity index (χ3v) is 4.53. The summed E-state index contributed by atoms with van der Waals surface area (Å²) in [6, 6.07) is 10.8. The number of benzene rings is 2. The van der Waals surface area contributed by atoms with Crippen molar-refractivity contribution >= 4 is 23.2 Å². The fourth-order valence-electron chi connectivity index (χ4n) is 3.03. The molecule has 2 unspecified atom stereocenters. The van der Waals surface area contributed by atoms with Crippen LogP contribution >= 0.6 is 0 Å². The second-order valence-electron chi connectivity index (χ2n) is 6.49. The smallest absolute Gasteiger partial charge is 0.230 e. The molecule has 1 saturated carbocycles. The van der Waals surface area contributed by atoms with Crippen molar-refractivity contribution in [3.05, 3.63) is 59.7 Å². The average molecular weight is 358 g/mol. The first-order valence-electron chi connectivity index (χ1n) is 8.54. The Morgan fingerprint density at radius 1 is 1.12 bits per heavy atom. The molecule has 0 aliphatic heterocycles. The van der Waals surface area contributed by atoms with Crippen LogP contribution in [0, 0.1) is 30.4 Å². The van der Waals surface area contributed by atoms with Gasteiger partial charge in [0.25, 0.3) is 0 Å². The molecule has 2 aromatic carbocycles. The molecule has 26 heavy (non-hydrogen) atoms. The van der Waals surface area contributed by atoms with Crippen LogP contribution in [-0.4, -0.2) is 18.4 Å². The van der Waals surface area contributed by atoms with Crippen molar-refractivity contribution in [1.29, 1.82) is 0 Å². The number of aryl methyl sites for hydroxylation is 1. The highest BCUT2D eigenvalue weighted by atomic mass is 19.2. The van der Waals surface area contributed by atoms with Crippen LogP contribution < -0.4 is 10.2 Å². The Kier molecular flexibility index (Phi) is 5.02. The number of rotatable bonds is 5. The molecular formula is C20H20F2N2O2. The van der Waals surface area contributed by atoms with E-state index < -0.39 is 17.6 Å². The maximum atomic E-state index is 13.2. The highest BCUT2D eigenvalue weighted by Gasteiger charge is 2.49. The molecule has 2 aromatic rings. The molecule has 0 spiro atoms. The molecule has 0 heterocycles. The van der Waals surface area contributed by atoms with Gasteiger partial charge in [-0.25, -0.2) is 8.78 Å². The maximum absolute atomic E-state index is 13.2. The number of anilines is 2. The van der Waals surface area contributed by atoms with Crippen molar-refractivity contribution in [2.45, 2.75) is 20.3 Å². The molecule has 1 fully saturated rings. The van der Waals surface area contributed by atoms with Gasteiger partial charge < -0.3 is 10.2 Å².